The fourth-order valence-electron chi connectivity index (χ4n) is 5.20. The van der Waals surface area contributed by atoms with Crippen molar-refractivity contribution in [1.82, 2.24) is 9.88 Å². The van der Waals surface area contributed by atoms with Gasteiger partial charge < -0.3 is 14.5 Å². The molecule has 4 nitrogen and oxygen atoms in total. The third kappa shape index (κ3) is 2.71. The highest BCUT2D eigenvalue weighted by molar-refractivity contribution is 5.91. The van der Waals surface area contributed by atoms with E-state index < -0.39 is 0 Å². The fourth-order valence-corrected chi connectivity index (χ4v) is 5.20. The second-order valence-corrected chi connectivity index (χ2v) is 7.77. The van der Waals surface area contributed by atoms with Crippen LogP contribution < -0.4 is 4.74 Å². The Kier molecular flexibility index (Phi) is 4.70. The number of ether oxygens (including phenoxy) is 2. The molecule has 1 aromatic carbocycles. The summed E-state index contributed by atoms with van der Waals surface area (Å²) in [4.78, 5) is 6.43. The van der Waals surface area contributed by atoms with Crippen molar-refractivity contribution in [3.8, 4) is 5.75 Å². The molecule has 4 heteroatoms. The summed E-state index contributed by atoms with van der Waals surface area (Å²) >= 11 is 0. The summed E-state index contributed by atoms with van der Waals surface area (Å²) in [7, 11) is 3.52. The number of rotatable bonds is 4. The molecule has 2 aromatic rings. The summed E-state index contributed by atoms with van der Waals surface area (Å²) in [5, 5.41) is 1.28. The van der Waals surface area contributed by atoms with Crippen molar-refractivity contribution in [1.29, 1.82) is 0 Å². The summed E-state index contributed by atoms with van der Waals surface area (Å²) in [5.41, 5.74) is 5.44. The lowest BCUT2D eigenvalue weighted by molar-refractivity contribution is 0.0625. The Bertz CT molecular complexity index is 823. The number of methoxy groups -OCH3 is 2. The number of hydrogen-bond acceptors (Lipinski definition) is 3. The summed E-state index contributed by atoms with van der Waals surface area (Å²) in [5.74, 6) is 2.28. The zero-order valence-corrected chi connectivity index (χ0v) is 16.3. The molecule has 26 heavy (non-hydrogen) atoms. The third-order valence-corrected chi connectivity index (χ3v) is 6.49. The first-order valence-corrected chi connectivity index (χ1v) is 9.78. The molecule has 0 bridgehead atoms. The van der Waals surface area contributed by atoms with E-state index in [4.69, 9.17) is 9.47 Å². The van der Waals surface area contributed by atoms with Crippen LogP contribution in [0.25, 0.3) is 10.9 Å². The highest BCUT2D eigenvalue weighted by atomic mass is 16.5. The Morgan fingerprint density at radius 3 is 2.92 bits per heavy atom. The molecule has 1 saturated heterocycles. The number of nitrogens with one attached hydrogen (secondary N) is 1. The van der Waals surface area contributed by atoms with E-state index >= 15 is 0 Å². The molecule has 0 spiro atoms. The van der Waals surface area contributed by atoms with E-state index in [2.05, 4.69) is 41.9 Å². The van der Waals surface area contributed by atoms with Crippen LogP contribution >= 0.6 is 0 Å². The highest BCUT2D eigenvalue weighted by Crippen LogP contribution is 2.46. The van der Waals surface area contributed by atoms with Gasteiger partial charge >= 0.3 is 0 Å². The maximum absolute atomic E-state index is 5.65. The van der Waals surface area contributed by atoms with Crippen LogP contribution in [0.15, 0.2) is 30.0 Å². The molecule has 1 N–H and O–H groups in total. The Labute approximate surface area is 156 Å². The molecule has 0 saturated carbocycles. The minimum atomic E-state index is 0.462. The van der Waals surface area contributed by atoms with E-state index in [0.29, 0.717) is 17.9 Å². The number of aromatic amines is 1. The normalized spacial score (nSPS) is 26.5. The van der Waals surface area contributed by atoms with Crippen molar-refractivity contribution in [3.05, 3.63) is 41.3 Å². The lowest BCUT2D eigenvalue weighted by Crippen LogP contribution is -2.46. The smallest absolute Gasteiger partial charge is 0.128 e. The summed E-state index contributed by atoms with van der Waals surface area (Å²) in [6.45, 7) is 6.86. The van der Waals surface area contributed by atoms with Gasteiger partial charge in [0.1, 0.15) is 5.75 Å². The van der Waals surface area contributed by atoms with Gasteiger partial charge in [-0.25, -0.2) is 0 Å². The minimum absolute atomic E-state index is 0.462. The van der Waals surface area contributed by atoms with Gasteiger partial charge in [-0.2, -0.15) is 0 Å². The maximum atomic E-state index is 5.65. The van der Waals surface area contributed by atoms with Gasteiger partial charge in [-0.1, -0.05) is 19.4 Å². The minimum Gasteiger partial charge on any atom is -0.504 e. The third-order valence-electron chi connectivity index (χ3n) is 6.49. The van der Waals surface area contributed by atoms with Gasteiger partial charge in [0.15, 0.2) is 0 Å². The lowest BCUT2D eigenvalue weighted by Gasteiger charge is -2.46. The monoisotopic (exact) mass is 354 g/mol. The average Bonchev–Trinajstić information content (AvgIpc) is 3.06. The van der Waals surface area contributed by atoms with Gasteiger partial charge in [0, 0.05) is 29.7 Å². The molecular formula is C22H30N2O2. The molecule has 2 aliphatic heterocycles. The van der Waals surface area contributed by atoms with Crippen molar-refractivity contribution in [3.63, 3.8) is 0 Å². The SMILES string of the molecule is CCC1CN2CCc3c([nH]c4cccc(OC)c34)C2CC1/C(C)=C\OC. The molecule has 0 aliphatic carbocycles. The molecule has 0 amide bonds. The Hall–Kier alpha value is -1.94. The predicted octanol–water partition coefficient (Wildman–Crippen LogP) is 4.67. The largest absolute Gasteiger partial charge is 0.504 e. The molecule has 3 atom stereocenters. The first-order valence-electron chi connectivity index (χ1n) is 9.78. The molecule has 0 radical (unpaired) electrons. The van der Waals surface area contributed by atoms with Gasteiger partial charge in [0.05, 0.1) is 26.5 Å². The quantitative estimate of drug-likeness (QED) is 0.811. The Balaban J connectivity index is 1.75. The number of nitrogens with zero attached hydrogens (tertiary/aromatic N) is 1. The van der Waals surface area contributed by atoms with Crippen LogP contribution in [0.3, 0.4) is 0 Å². The molecule has 4 rings (SSSR count). The van der Waals surface area contributed by atoms with E-state index in [1.807, 2.05) is 6.26 Å². The number of fused-ring (bicyclic) bond motifs is 5. The van der Waals surface area contributed by atoms with Crippen LogP contribution in [0, 0.1) is 11.8 Å². The molecular weight excluding hydrogens is 324 g/mol. The first-order chi connectivity index (χ1) is 12.7. The number of hydrogen-bond donors (Lipinski definition) is 1. The second kappa shape index (κ2) is 6.99. The lowest BCUT2D eigenvalue weighted by atomic mass is 9.74. The number of H-pyrrole nitrogens is 1. The van der Waals surface area contributed by atoms with E-state index in [-0.39, 0.29) is 0 Å². The summed E-state index contributed by atoms with van der Waals surface area (Å²) < 4.78 is 11.0. The van der Waals surface area contributed by atoms with Crippen LogP contribution in [0.4, 0.5) is 0 Å². The second-order valence-electron chi connectivity index (χ2n) is 7.77. The van der Waals surface area contributed by atoms with Crippen molar-refractivity contribution in [2.75, 3.05) is 27.3 Å². The standard InChI is InChI=1S/C22H30N2O2/c1-5-15-12-24-10-9-16-21-18(7-6-8-20(21)26-4)23-22(16)19(24)11-17(15)14(2)13-25-3/h6-8,13,15,17,19,23H,5,9-12H2,1-4H3/b14-13-. The van der Waals surface area contributed by atoms with Crippen LogP contribution in [-0.4, -0.2) is 37.2 Å². The van der Waals surface area contributed by atoms with E-state index in [1.165, 1.54) is 40.7 Å². The Morgan fingerprint density at radius 1 is 1.35 bits per heavy atom. The van der Waals surface area contributed by atoms with Gasteiger partial charge in [0.25, 0.3) is 0 Å². The summed E-state index contributed by atoms with van der Waals surface area (Å²) in [6, 6.07) is 6.78. The van der Waals surface area contributed by atoms with E-state index in [1.54, 1.807) is 14.2 Å². The number of aromatic nitrogens is 1. The van der Waals surface area contributed by atoms with Crippen molar-refractivity contribution >= 4 is 10.9 Å². The molecule has 2 aliphatic rings. The number of piperidine rings is 1. The molecule has 1 aromatic heterocycles. The molecule has 3 unspecified atom stereocenters. The molecule has 3 heterocycles. The average molecular weight is 354 g/mol. The topological polar surface area (TPSA) is 37.5 Å². The first kappa shape index (κ1) is 17.5. The molecule has 140 valence electrons. The predicted molar refractivity (Wildman–Crippen MR) is 106 cm³/mol. The van der Waals surface area contributed by atoms with Gasteiger partial charge in [-0.15, -0.1) is 0 Å². The number of benzene rings is 1. The van der Waals surface area contributed by atoms with Gasteiger partial charge in [-0.05, 0) is 54.9 Å². The van der Waals surface area contributed by atoms with Crippen LogP contribution in [0.2, 0.25) is 0 Å². The Morgan fingerprint density at radius 2 is 2.19 bits per heavy atom. The van der Waals surface area contributed by atoms with Crippen molar-refractivity contribution < 1.29 is 9.47 Å². The zero-order valence-electron chi connectivity index (χ0n) is 16.3. The maximum Gasteiger partial charge on any atom is 0.128 e. The molecule has 1 fully saturated rings. The van der Waals surface area contributed by atoms with Crippen LogP contribution in [0.5, 0.6) is 5.75 Å². The van der Waals surface area contributed by atoms with Gasteiger partial charge in [0.2, 0.25) is 0 Å². The zero-order chi connectivity index (χ0) is 18.3. The fraction of sp³-hybridized carbons (Fsp3) is 0.545. The highest BCUT2D eigenvalue weighted by Gasteiger charge is 2.40. The number of allylic oxidation sites excluding steroid dienone is 1. The summed E-state index contributed by atoms with van der Waals surface area (Å²) in [6.07, 6.45) is 5.42. The van der Waals surface area contributed by atoms with Crippen LogP contribution in [-0.2, 0) is 11.2 Å². The van der Waals surface area contributed by atoms with Crippen LogP contribution in [0.1, 0.15) is 44.0 Å². The van der Waals surface area contributed by atoms with Crippen molar-refractivity contribution in [2.45, 2.75) is 39.2 Å². The van der Waals surface area contributed by atoms with Crippen molar-refractivity contribution in [2.24, 2.45) is 11.8 Å². The van der Waals surface area contributed by atoms with E-state index in [0.717, 1.165) is 25.1 Å². The van der Waals surface area contributed by atoms with Gasteiger partial charge in [-0.3, -0.25) is 4.90 Å². The van der Waals surface area contributed by atoms with E-state index in [9.17, 15) is 0 Å².